The number of imidazole rings is 1. The van der Waals surface area contributed by atoms with Gasteiger partial charge < -0.3 is 10.1 Å². The van der Waals surface area contributed by atoms with Gasteiger partial charge in [-0.2, -0.15) is 0 Å². The minimum absolute atomic E-state index is 0.0617. The van der Waals surface area contributed by atoms with Gasteiger partial charge in [0.15, 0.2) is 0 Å². The first kappa shape index (κ1) is 22.1. The van der Waals surface area contributed by atoms with Crippen LogP contribution in [0.5, 0.6) is 5.75 Å². The van der Waals surface area contributed by atoms with Crippen LogP contribution in [0.1, 0.15) is 43.2 Å². The highest BCUT2D eigenvalue weighted by Crippen LogP contribution is 2.37. The number of halogens is 1. The van der Waals surface area contributed by atoms with Gasteiger partial charge in [-0.15, -0.1) is 0 Å². The molecule has 6 heteroatoms. The van der Waals surface area contributed by atoms with E-state index in [1.807, 2.05) is 31.3 Å². The summed E-state index contributed by atoms with van der Waals surface area (Å²) in [5.41, 5.74) is 4.20. The smallest absolute Gasteiger partial charge is 0.315 e. The predicted octanol–water partition coefficient (Wildman–Crippen LogP) is 6.34. The van der Waals surface area contributed by atoms with Crippen molar-refractivity contribution in [2.45, 2.75) is 51.5 Å². The van der Waals surface area contributed by atoms with Crippen LogP contribution in [0, 0.1) is 12.7 Å². The van der Waals surface area contributed by atoms with Gasteiger partial charge in [-0.3, -0.25) is 9.20 Å². The van der Waals surface area contributed by atoms with Crippen LogP contribution in [-0.4, -0.2) is 21.4 Å². The molecule has 1 N–H and O–H groups in total. The summed E-state index contributed by atoms with van der Waals surface area (Å²) in [6.45, 7) is 2.05. The number of aryl methyl sites for hydroxylation is 1. The van der Waals surface area contributed by atoms with E-state index in [1.54, 1.807) is 18.2 Å². The molecule has 0 unspecified atom stereocenters. The third-order valence-corrected chi connectivity index (χ3v) is 6.36. The van der Waals surface area contributed by atoms with Crippen LogP contribution in [-0.2, 0) is 11.2 Å². The van der Waals surface area contributed by atoms with Crippen molar-refractivity contribution in [2.24, 2.45) is 0 Å². The Bertz CT molecular complexity index is 1310. The number of esters is 1. The molecule has 2 heterocycles. The van der Waals surface area contributed by atoms with Crippen molar-refractivity contribution >= 4 is 17.4 Å². The number of pyridine rings is 1. The maximum Gasteiger partial charge on any atom is 0.315 e. The number of fused-ring (bicyclic) bond motifs is 1. The zero-order chi connectivity index (χ0) is 23.5. The average Bonchev–Trinajstić information content (AvgIpc) is 3.18. The lowest BCUT2D eigenvalue weighted by Crippen LogP contribution is -2.23. The highest BCUT2D eigenvalue weighted by Gasteiger charge is 2.22. The van der Waals surface area contributed by atoms with Crippen molar-refractivity contribution in [3.8, 4) is 17.0 Å². The van der Waals surface area contributed by atoms with Gasteiger partial charge in [-0.05, 0) is 67.3 Å². The normalized spacial score (nSPS) is 14.3. The van der Waals surface area contributed by atoms with E-state index in [0.717, 1.165) is 41.1 Å². The first-order valence-corrected chi connectivity index (χ1v) is 11.9. The number of anilines is 1. The summed E-state index contributed by atoms with van der Waals surface area (Å²) >= 11 is 0. The summed E-state index contributed by atoms with van der Waals surface area (Å²) in [5, 5.41) is 3.74. The largest absolute Gasteiger partial charge is 0.426 e. The van der Waals surface area contributed by atoms with Gasteiger partial charge >= 0.3 is 5.97 Å². The van der Waals surface area contributed by atoms with Gasteiger partial charge in [0.05, 0.1) is 6.42 Å². The highest BCUT2D eigenvalue weighted by atomic mass is 19.1. The van der Waals surface area contributed by atoms with Crippen molar-refractivity contribution < 1.29 is 13.9 Å². The quantitative estimate of drug-likeness (QED) is 0.271. The van der Waals surface area contributed by atoms with Gasteiger partial charge in [0.2, 0.25) is 0 Å². The molecule has 2 aromatic carbocycles. The Morgan fingerprint density at radius 3 is 2.65 bits per heavy atom. The summed E-state index contributed by atoms with van der Waals surface area (Å²) in [7, 11) is 0. The Labute approximate surface area is 198 Å². The fourth-order valence-corrected chi connectivity index (χ4v) is 4.59. The number of aromatic nitrogens is 2. The lowest BCUT2D eigenvalue weighted by molar-refractivity contribution is -0.133. The highest BCUT2D eigenvalue weighted by molar-refractivity contribution is 5.84. The lowest BCUT2D eigenvalue weighted by atomic mass is 9.95. The third kappa shape index (κ3) is 4.81. The number of para-hydroxylation sites is 1. The maximum atomic E-state index is 13.2. The van der Waals surface area contributed by atoms with Gasteiger partial charge in [-0.25, -0.2) is 9.37 Å². The van der Waals surface area contributed by atoms with Crippen LogP contribution in [0.3, 0.4) is 0 Å². The van der Waals surface area contributed by atoms with E-state index < -0.39 is 5.97 Å². The van der Waals surface area contributed by atoms with Crippen molar-refractivity contribution in [1.29, 1.82) is 0 Å². The molecule has 0 saturated heterocycles. The van der Waals surface area contributed by atoms with Crippen LogP contribution in [0.2, 0.25) is 0 Å². The zero-order valence-electron chi connectivity index (χ0n) is 19.3. The zero-order valence-corrected chi connectivity index (χ0v) is 19.3. The number of hydrogen-bond acceptors (Lipinski definition) is 4. The molecule has 34 heavy (non-hydrogen) atoms. The van der Waals surface area contributed by atoms with Gasteiger partial charge in [0.25, 0.3) is 0 Å². The Morgan fingerprint density at radius 2 is 1.85 bits per heavy atom. The van der Waals surface area contributed by atoms with Crippen LogP contribution in [0.4, 0.5) is 10.2 Å². The van der Waals surface area contributed by atoms with Crippen LogP contribution >= 0.6 is 0 Å². The monoisotopic (exact) mass is 457 g/mol. The molecule has 0 aliphatic heterocycles. The van der Waals surface area contributed by atoms with Crippen LogP contribution in [0.25, 0.3) is 16.9 Å². The van der Waals surface area contributed by atoms with E-state index in [4.69, 9.17) is 9.72 Å². The molecular formula is C28H28FN3O2. The lowest BCUT2D eigenvalue weighted by Gasteiger charge is -2.24. The molecular weight excluding hydrogens is 429 g/mol. The summed E-state index contributed by atoms with van der Waals surface area (Å²) in [5.74, 6) is 0.647. The fraction of sp³-hybridized carbons (Fsp3) is 0.286. The first-order chi connectivity index (χ1) is 16.6. The minimum atomic E-state index is -0.402. The number of carbonyl (C=O) groups excluding carboxylic acids is 1. The standard InChI is InChI=1S/C28H28FN3O2/c1-19-15-16-32-25(17-19)31-27(28(32)30-22-7-3-2-4-8-22)23-9-5-6-10-24(23)34-26(33)18-20-11-13-21(29)14-12-20/h5-6,9-17,22,30H,2-4,7-8,18H2,1H3. The Hall–Kier alpha value is -3.67. The number of ether oxygens (including phenoxy) is 1. The number of hydrogen-bond donors (Lipinski definition) is 1. The molecule has 5 nitrogen and oxygen atoms in total. The molecule has 1 aliphatic rings. The van der Waals surface area contributed by atoms with Crippen molar-refractivity contribution in [3.63, 3.8) is 0 Å². The SMILES string of the molecule is Cc1ccn2c(NC3CCCCC3)c(-c3ccccc3OC(=O)Cc3ccc(F)cc3)nc2c1. The van der Waals surface area contributed by atoms with Gasteiger partial charge in [0, 0.05) is 17.8 Å². The number of nitrogens with zero attached hydrogens (tertiary/aromatic N) is 2. The Balaban J connectivity index is 1.49. The second kappa shape index (κ2) is 9.67. The van der Waals surface area contributed by atoms with Crippen molar-refractivity contribution in [2.75, 3.05) is 5.32 Å². The molecule has 4 aromatic rings. The van der Waals surface area contributed by atoms with E-state index in [-0.39, 0.29) is 12.2 Å². The average molecular weight is 458 g/mol. The molecule has 174 valence electrons. The summed E-state index contributed by atoms with van der Waals surface area (Å²) in [6, 6.07) is 17.9. The summed E-state index contributed by atoms with van der Waals surface area (Å²) in [6.07, 6.45) is 8.09. The Kier molecular flexibility index (Phi) is 6.30. The fourth-order valence-electron chi connectivity index (χ4n) is 4.59. The second-order valence-corrected chi connectivity index (χ2v) is 8.99. The summed E-state index contributed by atoms with van der Waals surface area (Å²) < 4.78 is 21.1. The molecule has 5 rings (SSSR count). The van der Waals surface area contributed by atoms with Crippen LogP contribution < -0.4 is 10.1 Å². The van der Waals surface area contributed by atoms with Crippen LogP contribution in [0.15, 0.2) is 66.9 Å². The van der Waals surface area contributed by atoms with Crippen molar-refractivity contribution in [3.05, 3.63) is 83.8 Å². The molecule has 1 fully saturated rings. The second-order valence-electron chi connectivity index (χ2n) is 8.99. The van der Waals surface area contributed by atoms with E-state index in [0.29, 0.717) is 17.4 Å². The number of carbonyl (C=O) groups is 1. The molecule has 1 aliphatic carbocycles. The van der Waals surface area contributed by atoms with E-state index >= 15 is 0 Å². The minimum Gasteiger partial charge on any atom is -0.426 e. The molecule has 0 spiro atoms. The number of rotatable bonds is 6. The molecule has 0 amide bonds. The number of nitrogens with one attached hydrogen (secondary N) is 1. The third-order valence-electron chi connectivity index (χ3n) is 6.36. The van der Waals surface area contributed by atoms with Crippen molar-refractivity contribution in [1.82, 2.24) is 9.38 Å². The van der Waals surface area contributed by atoms with E-state index in [2.05, 4.69) is 21.9 Å². The topological polar surface area (TPSA) is 55.6 Å². The predicted molar refractivity (Wildman–Crippen MR) is 132 cm³/mol. The van der Waals surface area contributed by atoms with E-state index in [1.165, 1.54) is 31.4 Å². The first-order valence-electron chi connectivity index (χ1n) is 11.9. The Morgan fingerprint density at radius 1 is 1.09 bits per heavy atom. The van der Waals surface area contributed by atoms with Gasteiger partial charge in [-0.1, -0.05) is 43.5 Å². The molecule has 0 bridgehead atoms. The number of benzene rings is 2. The van der Waals surface area contributed by atoms with Gasteiger partial charge in [0.1, 0.15) is 28.7 Å². The molecule has 0 radical (unpaired) electrons. The maximum absolute atomic E-state index is 13.2. The molecule has 0 atom stereocenters. The van der Waals surface area contributed by atoms with E-state index in [9.17, 15) is 9.18 Å². The molecule has 1 saturated carbocycles. The summed E-state index contributed by atoms with van der Waals surface area (Å²) in [4.78, 5) is 17.7. The molecule has 2 aromatic heterocycles.